The fourth-order valence-electron chi connectivity index (χ4n) is 17.7. The molecule has 13 aromatic carbocycles. The van der Waals surface area contributed by atoms with Gasteiger partial charge in [0.05, 0.1) is 22.1 Å². The van der Waals surface area contributed by atoms with Gasteiger partial charge in [-0.05, 0) is 218 Å². The van der Waals surface area contributed by atoms with Crippen LogP contribution in [-0.4, -0.2) is 9.13 Å². The molecule has 0 saturated carbocycles. The third-order valence-corrected chi connectivity index (χ3v) is 22.9. The Balaban J connectivity index is 0.553. The molecule has 0 bridgehead atoms. The molecule has 0 atom stereocenters. The minimum Gasteiger partial charge on any atom is -0.309 e. The van der Waals surface area contributed by atoms with Crippen LogP contribution in [0.3, 0.4) is 0 Å². The number of rotatable bonds is 8. The van der Waals surface area contributed by atoms with Crippen molar-refractivity contribution in [2.24, 2.45) is 0 Å². The molecule has 4 aliphatic carbocycles. The van der Waals surface area contributed by atoms with Gasteiger partial charge in [-0.3, -0.25) is 0 Å². The van der Waals surface area contributed by atoms with Crippen LogP contribution in [0.2, 0.25) is 0 Å². The summed E-state index contributed by atoms with van der Waals surface area (Å²) in [6.45, 7) is 19.1. The van der Waals surface area contributed by atoms with E-state index in [4.69, 9.17) is 0 Å². The molecule has 0 N–H and O–H groups in total. The standard InChI is InChI=1S/C94H72N2/c1-91(2)79-21-13-9-17-67(79)69-45-41-65(53-83(69)91)95-87-23-15-11-19-73(87)77-49-59(33-47-89(77)95)27-25-57-29-35-61(36-30-57)63-39-43-71-75-55-86-76(56-85(75)93(5,6)81(71)51-63)72-44-40-64(52-82(72)94(86,7)8)62-37-31-58(32-38-62)26-28-60-34-48-90-78(50-60)74-20-12-16-24-88(74)96(90)66-42-46-70-68-18-10-14-22-80(68)92(3,4)84(70)54-66/h9-56H,1-8H3/b27-25+,28-26+. The van der Waals surface area contributed by atoms with Gasteiger partial charge in [0.1, 0.15) is 0 Å². The van der Waals surface area contributed by atoms with Gasteiger partial charge in [-0.25, -0.2) is 0 Å². The van der Waals surface area contributed by atoms with Crippen molar-refractivity contribution >= 4 is 67.9 Å². The van der Waals surface area contributed by atoms with E-state index in [1.165, 1.54) is 189 Å². The minimum atomic E-state index is -0.165. The smallest absolute Gasteiger partial charge is 0.0541 e. The van der Waals surface area contributed by atoms with E-state index in [0.717, 1.165) is 0 Å². The summed E-state index contributed by atoms with van der Waals surface area (Å²) in [6.07, 6.45) is 9.02. The van der Waals surface area contributed by atoms with Crippen LogP contribution in [0.5, 0.6) is 0 Å². The number of hydrogen-bond donors (Lipinski definition) is 0. The van der Waals surface area contributed by atoms with Gasteiger partial charge < -0.3 is 9.13 Å². The summed E-state index contributed by atoms with van der Waals surface area (Å²) in [5, 5.41) is 5.05. The predicted octanol–water partition coefficient (Wildman–Crippen LogP) is 24.8. The zero-order chi connectivity index (χ0) is 64.7. The highest BCUT2D eigenvalue weighted by Crippen LogP contribution is 2.58. The van der Waals surface area contributed by atoms with Gasteiger partial charge >= 0.3 is 0 Å². The molecule has 2 heterocycles. The lowest BCUT2D eigenvalue weighted by molar-refractivity contribution is 0.652. The predicted molar refractivity (Wildman–Crippen MR) is 407 cm³/mol. The molecule has 4 aliphatic rings. The van der Waals surface area contributed by atoms with Crippen molar-refractivity contribution in [1.29, 1.82) is 0 Å². The van der Waals surface area contributed by atoms with Gasteiger partial charge in [0, 0.05) is 54.6 Å². The summed E-state index contributed by atoms with van der Waals surface area (Å²) in [6, 6.07) is 101. The Labute approximate surface area is 562 Å². The molecule has 0 radical (unpaired) electrons. The van der Waals surface area contributed by atoms with Crippen LogP contribution in [0.4, 0.5) is 0 Å². The van der Waals surface area contributed by atoms with Crippen molar-refractivity contribution in [3.63, 3.8) is 0 Å². The normalized spacial score (nSPS) is 15.3. The van der Waals surface area contributed by atoms with Crippen molar-refractivity contribution in [2.45, 2.75) is 77.0 Å². The molecule has 0 amide bonds. The Morgan fingerprint density at radius 1 is 0.208 bits per heavy atom. The van der Waals surface area contributed by atoms with Crippen molar-refractivity contribution < 1.29 is 0 Å². The highest BCUT2D eigenvalue weighted by Gasteiger charge is 2.43. The lowest BCUT2D eigenvalue weighted by atomic mass is 9.79. The fourth-order valence-corrected chi connectivity index (χ4v) is 17.7. The maximum absolute atomic E-state index is 2.54. The molecule has 2 heteroatoms. The summed E-state index contributed by atoms with van der Waals surface area (Å²) in [4.78, 5) is 0. The summed E-state index contributed by atoms with van der Waals surface area (Å²) in [7, 11) is 0. The SMILES string of the molecule is CC1(C)c2ccccc2-c2ccc(-n3c4ccccc4c4cc(/C=C/c5ccc(-c6ccc7c(c6)C(C)(C)c6cc8c(cc6-7)C(C)(C)c6cc(-c7ccc(/C=C/c9ccc%10c(c9)c9ccccc9n%10-c9ccc%10c(c9)C(C)(C)c9ccccc9-%10)cc7)ccc6-8)cc5)ccc43)cc21. The summed E-state index contributed by atoms with van der Waals surface area (Å²) in [5.41, 5.74) is 38.5. The van der Waals surface area contributed by atoms with E-state index >= 15 is 0 Å². The van der Waals surface area contributed by atoms with Crippen LogP contribution in [0.25, 0.3) is 146 Å². The Kier molecular flexibility index (Phi) is 11.9. The van der Waals surface area contributed by atoms with E-state index in [1.54, 1.807) is 0 Å². The number of para-hydroxylation sites is 2. The van der Waals surface area contributed by atoms with E-state index in [9.17, 15) is 0 Å². The summed E-state index contributed by atoms with van der Waals surface area (Å²) in [5.74, 6) is 0. The number of aromatic nitrogens is 2. The van der Waals surface area contributed by atoms with E-state index in [1.807, 2.05) is 0 Å². The molecule has 0 spiro atoms. The lowest BCUT2D eigenvalue weighted by Gasteiger charge is -2.24. The van der Waals surface area contributed by atoms with Gasteiger partial charge in [-0.15, -0.1) is 0 Å². The van der Waals surface area contributed by atoms with Gasteiger partial charge in [-0.2, -0.15) is 0 Å². The molecule has 96 heavy (non-hydrogen) atoms. The molecular formula is C94H72N2. The third-order valence-electron chi connectivity index (χ3n) is 22.9. The Bertz CT molecular complexity index is 5560. The van der Waals surface area contributed by atoms with Crippen LogP contribution >= 0.6 is 0 Å². The van der Waals surface area contributed by atoms with Crippen LogP contribution < -0.4 is 0 Å². The second kappa shape index (κ2) is 20.2. The molecule has 15 aromatic rings. The topological polar surface area (TPSA) is 9.86 Å². The first-order valence-corrected chi connectivity index (χ1v) is 34.2. The monoisotopic (exact) mass is 1230 g/mol. The van der Waals surface area contributed by atoms with E-state index in [2.05, 4.69) is 356 Å². The van der Waals surface area contributed by atoms with Crippen LogP contribution in [0, 0.1) is 0 Å². The Hall–Kier alpha value is -11.1. The number of hydrogen-bond acceptors (Lipinski definition) is 0. The second-order valence-electron chi connectivity index (χ2n) is 29.7. The minimum absolute atomic E-state index is 0.0649. The average molecular weight is 1230 g/mol. The molecule has 0 aliphatic heterocycles. The highest BCUT2D eigenvalue weighted by molar-refractivity contribution is 6.11. The summed E-state index contributed by atoms with van der Waals surface area (Å²) < 4.78 is 4.90. The lowest BCUT2D eigenvalue weighted by Crippen LogP contribution is -2.17. The van der Waals surface area contributed by atoms with E-state index in [-0.39, 0.29) is 21.7 Å². The molecule has 458 valence electrons. The van der Waals surface area contributed by atoms with Gasteiger partial charge in [0.25, 0.3) is 0 Å². The molecule has 0 unspecified atom stereocenters. The molecule has 0 saturated heterocycles. The maximum Gasteiger partial charge on any atom is 0.0541 e. The second-order valence-corrected chi connectivity index (χ2v) is 29.7. The molecule has 19 rings (SSSR count). The molecular weight excluding hydrogens is 1160 g/mol. The number of fused-ring (bicyclic) bond motifs is 18. The van der Waals surface area contributed by atoms with Crippen molar-refractivity contribution in [3.05, 3.63) is 334 Å². The first kappa shape index (κ1) is 56.5. The third kappa shape index (κ3) is 8.18. The van der Waals surface area contributed by atoms with Gasteiger partial charge in [0.2, 0.25) is 0 Å². The van der Waals surface area contributed by atoms with Gasteiger partial charge in [-0.1, -0.05) is 262 Å². The first-order chi connectivity index (χ1) is 46.6. The molecule has 0 fully saturated rings. The van der Waals surface area contributed by atoms with Crippen molar-refractivity contribution in [3.8, 4) is 78.1 Å². The average Bonchev–Trinajstić information content (AvgIpc) is 1.54. The number of benzene rings is 13. The molecule has 2 nitrogen and oxygen atoms in total. The Morgan fingerprint density at radius 3 is 0.948 bits per heavy atom. The van der Waals surface area contributed by atoms with Crippen LogP contribution in [0.15, 0.2) is 267 Å². The first-order valence-electron chi connectivity index (χ1n) is 34.2. The number of nitrogens with zero attached hydrogens (tertiary/aromatic N) is 2. The van der Waals surface area contributed by atoms with Crippen LogP contribution in [-0.2, 0) is 21.7 Å². The Morgan fingerprint density at radius 2 is 0.510 bits per heavy atom. The molecule has 2 aromatic heterocycles. The quantitative estimate of drug-likeness (QED) is 0.134. The zero-order valence-electron chi connectivity index (χ0n) is 55.6. The zero-order valence-corrected chi connectivity index (χ0v) is 55.6. The van der Waals surface area contributed by atoms with Crippen molar-refractivity contribution in [2.75, 3.05) is 0 Å². The van der Waals surface area contributed by atoms with Gasteiger partial charge in [0.15, 0.2) is 0 Å². The maximum atomic E-state index is 2.54. The fraction of sp³-hybridized carbons (Fsp3) is 0.128. The largest absolute Gasteiger partial charge is 0.309 e. The van der Waals surface area contributed by atoms with E-state index < -0.39 is 0 Å². The highest BCUT2D eigenvalue weighted by atomic mass is 15.0. The van der Waals surface area contributed by atoms with Crippen LogP contribution in [0.1, 0.15) is 122 Å². The van der Waals surface area contributed by atoms with E-state index in [0.29, 0.717) is 0 Å². The summed E-state index contributed by atoms with van der Waals surface area (Å²) >= 11 is 0. The van der Waals surface area contributed by atoms with Crippen molar-refractivity contribution in [1.82, 2.24) is 9.13 Å².